The fourth-order valence-corrected chi connectivity index (χ4v) is 4.64. The van der Waals surface area contributed by atoms with Gasteiger partial charge in [-0.15, -0.1) is 0 Å². The van der Waals surface area contributed by atoms with Crippen LogP contribution in [0.15, 0.2) is 39.5 Å². The highest BCUT2D eigenvalue weighted by Crippen LogP contribution is 2.39. The van der Waals surface area contributed by atoms with E-state index in [1.807, 2.05) is 18.2 Å². The van der Waals surface area contributed by atoms with Gasteiger partial charge in [0.05, 0.1) is 17.7 Å². The van der Waals surface area contributed by atoms with E-state index in [0.29, 0.717) is 29.6 Å². The molecular weight excluding hydrogens is 378 g/mol. The molecule has 1 atom stereocenters. The SMILES string of the molecule is COc1ccc(C[NH+]2COc3c(Cl)cc4c5c(c(=O)oc4c3C2)CCC5)cc1. The molecule has 1 N–H and O–H groups in total. The molecule has 0 spiro atoms. The Hall–Kier alpha value is -2.50. The summed E-state index contributed by atoms with van der Waals surface area (Å²) >= 11 is 6.54. The minimum Gasteiger partial charge on any atom is -0.497 e. The van der Waals surface area contributed by atoms with Gasteiger partial charge in [-0.1, -0.05) is 11.6 Å². The zero-order chi connectivity index (χ0) is 19.3. The summed E-state index contributed by atoms with van der Waals surface area (Å²) in [4.78, 5) is 13.7. The van der Waals surface area contributed by atoms with E-state index >= 15 is 0 Å². The molecule has 0 saturated heterocycles. The molecule has 5 rings (SSSR count). The molecule has 2 heterocycles. The molecule has 2 aromatic carbocycles. The first-order valence-electron chi connectivity index (χ1n) is 9.53. The van der Waals surface area contributed by atoms with Crippen LogP contribution in [0.3, 0.4) is 0 Å². The van der Waals surface area contributed by atoms with E-state index in [1.165, 1.54) is 10.5 Å². The van der Waals surface area contributed by atoms with Crippen LogP contribution in [0, 0.1) is 0 Å². The summed E-state index contributed by atoms with van der Waals surface area (Å²) in [6.45, 7) is 2.01. The molecule has 0 bridgehead atoms. The quantitative estimate of drug-likeness (QED) is 0.689. The number of quaternary nitrogens is 1. The van der Waals surface area contributed by atoms with E-state index in [9.17, 15) is 4.79 Å². The summed E-state index contributed by atoms with van der Waals surface area (Å²) < 4.78 is 17.0. The van der Waals surface area contributed by atoms with Crippen molar-refractivity contribution in [3.8, 4) is 11.5 Å². The standard InChI is InChI=1S/C22H20ClNO4/c1-26-14-7-5-13(6-8-14)10-24-11-18-20-17(9-19(23)21(18)27-12-24)15-3-2-4-16(15)22(25)28-20/h5-9H,2-4,10-12H2,1H3/p+1. The summed E-state index contributed by atoms with van der Waals surface area (Å²) in [7, 11) is 1.66. The van der Waals surface area contributed by atoms with Crippen LogP contribution in [-0.2, 0) is 25.9 Å². The third-order valence-electron chi connectivity index (χ3n) is 5.73. The maximum atomic E-state index is 12.5. The molecule has 6 heteroatoms. The highest BCUT2D eigenvalue weighted by Gasteiger charge is 2.29. The number of fused-ring (bicyclic) bond motifs is 5. The molecule has 0 radical (unpaired) electrons. The van der Waals surface area contributed by atoms with Crippen LogP contribution < -0.4 is 20.0 Å². The van der Waals surface area contributed by atoms with Crippen molar-refractivity contribution in [1.29, 1.82) is 0 Å². The lowest BCUT2D eigenvalue weighted by Crippen LogP contribution is -3.10. The Labute approximate surface area is 167 Å². The second-order valence-corrected chi connectivity index (χ2v) is 7.89. The number of hydrogen-bond donors (Lipinski definition) is 1. The molecule has 5 nitrogen and oxygen atoms in total. The van der Waals surface area contributed by atoms with Gasteiger partial charge in [-0.2, -0.15) is 0 Å². The molecule has 0 fully saturated rings. The van der Waals surface area contributed by atoms with Crippen LogP contribution in [0.4, 0.5) is 0 Å². The monoisotopic (exact) mass is 398 g/mol. The zero-order valence-electron chi connectivity index (χ0n) is 15.6. The lowest BCUT2D eigenvalue weighted by Gasteiger charge is -2.27. The summed E-state index contributed by atoms with van der Waals surface area (Å²) in [5, 5.41) is 1.55. The van der Waals surface area contributed by atoms with Crippen LogP contribution in [0.2, 0.25) is 5.02 Å². The predicted molar refractivity (Wildman–Crippen MR) is 106 cm³/mol. The molecule has 1 aliphatic carbocycles. The predicted octanol–water partition coefficient (Wildman–Crippen LogP) is 2.88. The number of benzene rings is 2. The van der Waals surface area contributed by atoms with E-state index < -0.39 is 0 Å². The Morgan fingerprint density at radius 2 is 1.93 bits per heavy atom. The van der Waals surface area contributed by atoms with Crippen LogP contribution in [-0.4, -0.2) is 13.8 Å². The Balaban J connectivity index is 1.53. The average molecular weight is 399 g/mol. The van der Waals surface area contributed by atoms with E-state index in [-0.39, 0.29) is 5.63 Å². The second kappa shape index (κ2) is 6.83. The van der Waals surface area contributed by atoms with Gasteiger partial charge in [0, 0.05) is 16.5 Å². The maximum Gasteiger partial charge on any atom is 0.339 e. The van der Waals surface area contributed by atoms with E-state index in [4.69, 9.17) is 25.5 Å². The topological polar surface area (TPSA) is 53.1 Å². The Bertz CT molecular complexity index is 1120. The van der Waals surface area contributed by atoms with Crippen molar-refractivity contribution >= 4 is 22.6 Å². The van der Waals surface area contributed by atoms with Crippen molar-refractivity contribution in [2.75, 3.05) is 13.8 Å². The van der Waals surface area contributed by atoms with E-state index in [1.54, 1.807) is 7.11 Å². The molecule has 144 valence electrons. The van der Waals surface area contributed by atoms with Crippen molar-refractivity contribution in [2.45, 2.75) is 32.4 Å². The maximum absolute atomic E-state index is 12.5. The number of halogens is 1. The fourth-order valence-electron chi connectivity index (χ4n) is 4.37. The summed E-state index contributed by atoms with van der Waals surface area (Å²) in [5.74, 6) is 1.49. The van der Waals surface area contributed by atoms with Gasteiger partial charge in [-0.05, 0) is 55.2 Å². The zero-order valence-corrected chi connectivity index (χ0v) is 16.4. The highest BCUT2D eigenvalue weighted by molar-refractivity contribution is 6.33. The first-order valence-corrected chi connectivity index (χ1v) is 9.91. The van der Waals surface area contributed by atoms with Crippen molar-refractivity contribution in [1.82, 2.24) is 0 Å². The van der Waals surface area contributed by atoms with Gasteiger partial charge in [0.1, 0.15) is 18.8 Å². The first kappa shape index (κ1) is 17.6. The van der Waals surface area contributed by atoms with Crippen molar-refractivity contribution in [3.63, 3.8) is 0 Å². The highest BCUT2D eigenvalue weighted by atomic mass is 35.5. The molecule has 3 aromatic rings. The van der Waals surface area contributed by atoms with Crippen molar-refractivity contribution < 1.29 is 18.8 Å². The molecular formula is C22H21ClNO4+. The third-order valence-corrected chi connectivity index (χ3v) is 6.01. The smallest absolute Gasteiger partial charge is 0.339 e. The second-order valence-electron chi connectivity index (χ2n) is 7.48. The Morgan fingerprint density at radius 3 is 2.71 bits per heavy atom. The molecule has 28 heavy (non-hydrogen) atoms. The normalized spacial score (nSPS) is 17.9. The average Bonchev–Trinajstić information content (AvgIpc) is 3.21. The molecule has 1 aliphatic heterocycles. The summed E-state index contributed by atoms with van der Waals surface area (Å²) in [6.07, 6.45) is 2.67. The molecule has 1 aromatic heterocycles. The van der Waals surface area contributed by atoms with Gasteiger partial charge >= 0.3 is 5.63 Å². The lowest BCUT2D eigenvalue weighted by molar-refractivity contribution is -0.945. The number of nitrogens with one attached hydrogen (secondary N) is 1. The number of ether oxygens (including phenoxy) is 2. The summed E-state index contributed by atoms with van der Waals surface area (Å²) in [6, 6.07) is 9.94. The van der Waals surface area contributed by atoms with Crippen LogP contribution >= 0.6 is 11.6 Å². The molecule has 2 aliphatic rings. The van der Waals surface area contributed by atoms with Crippen LogP contribution in [0.5, 0.6) is 11.5 Å². The molecule has 1 unspecified atom stereocenters. The van der Waals surface area contributed by atoms with E-state index in [0.717, 1.165) is 53.6 Å². The number of hydrogen-bond acceptors (Lipinski definition) is 4. The van der Waals surface area contributed by atoms with Gasteiger partial charge in [0.2, 0.25) is 6.73 Å². The molecule has 0 saturated carbocycles. The van der Waals surface area contributed by atoms with Crippen LogP contribution in [0.25, 0.3) is 11.0 Å². The number of rotatable bonds is 3. The van der Waals surface area contributed by atoms with Crippen LogP contribution in [0.1, 0.15) is 28.7 Å². The lowest BCUT2D eigenvalue weighted by atomic mass is 10.0. The fraction of sp³-hybridized carbons (Fsp3) is 0.318. The van der Waals surface area contributed by atoms with Gasteiger partial charge < -0.3 is 13.9 Å². The minimum atomic E-state index is -0.216. The van der Waals surface area contributed by atoms with E-state index in [2.05, 4.69) is 12.1 Å². The van der Waals surface area contributed by atoms with Gasteiger partial charge in [0.15, 0.2) is 11.3 Å². The van der Waals surface area contributed by atoms with Gasteiger partial charge in [0.25, 0.3) is 0 Å². The Kier molecular flexibility index (Phi) is 4.29. The minimum absolute atomic E-state index is 0.216. The number of aryl methyl sites for hydroxylation is 1. The molecule has 0 amide bonds. The first-order chi connectivity index (χ1) is 13.6. The van der Waals surface area contributed by atoms with Crippen molar-refractivity contribution in [3.05, 3.63) is 68.0 Å². The van der Waals surface area contributed by atoms with Gasteiger partial charge in [-0.25, -0.2) is 4.79 Å². The largest absolute Gasteiger partial charge is 0.497 e. The van der Waals surface area contributed by atoms with Gasteiger partial charge in [-0.3, -0.25) is 4.90 Å². The summed E-state index contributed by atoms with van der Waals surface area (Å²) in [5.41, 5.74) is 4.41. The van der Waals surface area contributed by atoms with Crippen molar-refractivity contribution in [2.24, 2.45) is 0 Å². The Morgan fingerprint density at radius 1 is 1.14 bits per heavy atom. The number of methoxy groups -OCH3 is 1. The third kappa shape index (κ3) is 2.86.